The lowest BCUT2D eigenvalue weighted by molar-refractivity contribution is 0.192. The van der Waals surface area contributed by atoms with Crippen LogP contribution >= 0.6 is 11.6 Å². The van der Waals surface area contributed by atoms with Crippen molar-refractivity contribution in [1.82, 2.24) is 19.8 Å². The quantitative estimate of drug-likeness (QED) is 0.776. The molecule has 1 aliphatic rings. The van der Waals surface area contributed by atoms with E-state index in [2.05, 4.69) is 33.7 Å². The summed E-state index contributed by atoms with van der Waals surface area (Å²) >= 11 is 5.97. The third-order valence-corrected chi connectivity index (χ3v) is 3.90. The van der Waals surface area contributed by atoms with Gasteiger partial charge in [0.15, 0.2) is 0 Å². The Hall–Kier alpha value is -0.710. The summed E-state index contributed by atoms with van der Waals surface area (Å²) in [5, 5.41) is 0.534. The van der Waals surface area contributed by atoms with Gasteiger partial charge in [0.2, 0.25) is 0 Å². The molecule has 1 aromatic rings. The van der Waals surface area contributed by atoms with Gasteiger partial charge in [0.05, 0.1) is 6.54 Å². The highest BCUT2D eigenvalue weighted by Crippen LogP contribution is 2.18. The van der Waals surface area contributed by atoms with Gasteiger partial charge in [-0.1, -0.05) is 18.5 Å². The summed E-state index contributed by atoms with van der Waals surface area (Å²) in [6, 6.07) is 2.47. The van der Waals surface area contributed by atoms with Gasteiger partial charge in [0.1, 0.15) is 11.0 Å². The van der Waals surface area contributed by atoms with E-state index in [0.717, 1.165) is 31.2 Å². The van der Waals surface area contributed by atoms with Gasteiger partial charge >= 0.3 is 0 Å². The van der Waals surface area contributed by atoms with Crippen molar-refractivity contribution in [1.29, 1.82) is 0 Å². The SMILES string of the molecule is CCN1CCCC1CN(C)Cc1nc(C)cc(Cl)n1. The van der Waals surface area contributed by atoms with E-state index in [1.165, 1.54) is 19.4 Å². The molecule has 0 amide bonds. The van der Waals surface area contributed by atoms with Crippen molar-refractivity contribution in [3.8, 4) is 0 Å². The van der Waals surface area contributed by atoms with Gasteiger partial charge in [-0.05, 0) is 46.0 Å². The van der Waals surface area contributed by atoms with Crippen LogP contribution in [0.2, 0.25) is 5.15 Å². The fourth-order valence-electron chi connectivity index (χ4n) is 2.84. The first-order valence-electron chi connectivity index (χ1n) is 7.01. The largest absolute Gasteiger partial charge is 0.299 e. The summed E-state index contributed by atoms with van der Waals surface area (Å²) in [7, 11) is 2.13. The standard InChI is InChI=1S/C14H23ClN4/c1-4-19-7-5-6-12(19)9-18(3)10-14-16-11(2)8-13(15)17-14/h8,12H,4-7,9-10H2,1-3H3. The Morgan fingerprint density at radius 2 is 2.26 bits per heavy atom. The van der Waals surface area contributed by atoms with Crippen LogP contribution in [0, 0.1) is 6.92 Å². The molecule has 0 N–H and O–H groups in total. The number of hydrogen-bond donors (Lipinski definition) is 0. The molecule has 2 rings (SSSR count). The van der Waals surface area contributed by atoms with E-state index < -0.39 is 0 Å². The number of likely N-dealkylation sites (N-methyl/N-ethyl adjacent to an activating group) is 2. The minimum absolute atomic E-state index is 0.534. The predicted octanol–water partition coefficient (Wildman–Crippen LogP) is 2.35. The number of nitrogens with zero attached hydrogens (tertiary/aromatic N) is 4. The molecule has 19 heavy (non-hydrogen) atoms. The van der Waals surface area contributed by atoms with E-state index in [1.54, 1.807) is 6.07 Å². The van der Waals surface area contributed by atoms with Gasteiger partial charge in [0.25, 0.3) is 0 Å². The first-order valence-corrected chi connectivity index (χ1v) is 7.39. The molecule has 1 aliphatic heterocycles. The predicted molar refractivity (Wildman–Crippen MR) is 78.4 cm³/mol. The van der Waals surface area contributed by atoms with Crippen molar-refractivity contribution in [3.05, 3.63) is 22.7 Å². The van der Waals surface area contributed by atoms with Crippen molar-refractivity contribution in [3.63, 3.8) is 0 Å². The second kappa shape index (κ2) is 6.64. The second-order valence-electron chi connectivity index (χ2n) is 5.37. The molecule has 0 spiro atoms. The molecular formula is C14H23ClN4. The van der Waals surface area contributed by atoms with Crippen LogP contribution in [-0.4, -0.2) is 52.5 Å². The van der Waals surface area contributed by atoms with E-state index in [1.807, 2.05) is 6.92 Å². The molecule has 2 heterocycles. The molecular weight excluding hydrogens is 260 g/mol. The number of likely N-dealkylation sites (tertiary alicyclic amines) is 1. The summed E-state index contributed by atoms with van der Waals surface area (Å²) in [5.41, 5.74) is 0.930. The molecule has 0 radical (unpaired) electrons. The summed E-state index contributed by atoms with van der Waals surface area (Å²) in [6.45, 7) is 8.40. The van der Waals surface area contributed by atoms with Crippen LogP contribution in [0.3, 0.4) is 0 Å². The van der Waals surface area contributed by atoms with Gasteiger partial charge in [-0.25, -0.2) is 9.97 Å². The van der Waals surface area contributed by atoms with Crippen LogP contribution in [0.15, 0.2) is 6.07 Å². The fourth-order valence-corrected chi connectivity index (χ4v) is 3.10. The maximum atomic E-state index is 5.97. The summed E-state index contributed by atoms with van der Waals surface area (Å²) in [4.78, 5) is 13.6. The van der Waals surface area contributed by atoms with Crippen LogP contribution < -0.4 is 0 Å². The third kappa shape index (κ3) is 4.13. The number of halogens is 1. The van der Waals surface area contributed by atoms with Gasteiger partial charge in [0, 0.05) is 18.3 Å². The van der Waals surface area contributed by atoms with Crippen LogP contribution in [0.25, 0.3) is 0 Å². The van der Waals surface area contributed by atoms with E-state index in [4.69, 9.17) is 11.6 Å². The zero-order valence-corrected chi connectivity index (χ0v) is 12.8. The maximum absolute atomic E-state index is 5.97. The van der Waals surface area contributed by atoms with Crippen molar-refractivity contribution >= 4 is 11.6 Å². The Morgan fingerprint density at radius 1 is 1.47 bits per heavy atom. The van der Waals surface area contributed by atoms with E-state index in [-0.39, 0.29) is 0 Å². The lowest BCUT2D eigenvalue weighted by atomic mass is 10.2. The highest BCUT2D eigenvalue weighted by atomic mass is 35.5. The van der Waals surface area contributed by atoms with E-state index in [9.17, 15) is 0 Å². The molecule has 1 fully saturated rings. The van der Waals surface area contributed by atoms with E-state index >= 15 is 0 Å². The average molecular weight is 283 g/mol. The first kappa shape index (κ1) is 14.7. The summed E-state index contributed by atoms with van der Waals surface area (Å²) < 4.78 is 0. The van der Waals surface area contributed by atoms with Crippen LogP contribution in [0.1, 0.15) is 31.3 Å². The van der Waals surface area contributed by atoms with Crippen molar-refractivity contribution in [2.45, 2.75) is 39.3 Å². The Balaban J connectivity index is 1.91. The molecule has 106 valence electrons. The molecule has 1 aromatic heterocycles. The topological polar surface area (TPSA) is 32.3 Å². The molecule has 0 bridgehead atoms. The Morgan fingerprint density at radius 3 is 2.95 bits per heavy atom. The summed E-state index contributed by atoms with van der Waals surface area (Å²) in [5.74, 6) is 0.813. The van der Waals surface area contributed by atoms with Gasteiger partial charge in [-0.15, -0.1) is 0 Å². The van der Waals surface area contributed by atoms with Crippen LogP contribution in [0.5, 0.6) is 0 Å². The molecule has 5 heteroatoms. The monoisotopic (exact) mass is 282 g/mol. The van der Waals surface area contributed by atoms with Gasteiger partial charge in [-0.2, -0.15) is 0 Å². The fraction of sp³-hybridized carbons (Fsp3) is 0.714. The van der Waals surface area contributed by atoms with E-state index in [0.29, 0.717) is 11.2 Å². The van der Waals surface area contributed by atoms with Crippen molar-refractivity contribution < 1.29 is 0 Å². The zero-order chi connectivity index (χ0) is 13.8. The molecule has 4 nitrogen and oxygen atoms in total. The number of aromatic nitrogens is 2. The van der Waals surface area contributed by atoms with Crippen LogP contribution in [-0.2, 0) is 6.54 Å². The second-order valence-corrected chi connectivity index (χ2v) is 5.76. The average Bonchev–Trinajstić information content (AvgIpc) is 2.74. The molecule has 1 unspecified atom stereocenters. The molecule has 1 atom stereocenters. The van der Waals surface area contributed by atoms with Crippen molar-refractivity contribution in [2.75, 3.05) is 26.7 Å². The molecule has 0 aliphatic carbocycles. The first-order chi connectivity index (χ1) is 9.08. The molecule has 0 saturated carbocycles. The Kier molecular flexibility index (Phi) is 5.13. The number of rotatable bonds is 5. The number of aryl methyl sites for hydroxylation is 1. The molecule has 1 saturated heterocycles. The van der Waals surface area contributed by atoms with Crippen LogP contribution in [0.4, 0.5) is 0 Å². The van der Waals surface area contributed by atoms with Crippen molar-refractivity contribution in [2.24, 2.45) is 0 Å². The number of hydrogen-bond acceptors (Lipinski definition) is 4. The normalized spacial score (nSPS) is 20.4. The highest BCUT2D eigenvalue weighted by Gasteiger charge is 2.24. The maximum Gasteiger partial charge on any atom is 0.144 e. The molecule has 0 aromatic carbocycles. The zero-order valence-electron chi connectivity index (χ0n) is 12.1. The smallest absolute Gasteiger partial charge is 0.144 e. The third-order valence-electron chi connectivity index (χ3n) is 3.71. The Bertz CT molecular complexity index is 404. The summed E-state index contributed by atoms with van der Waals surface area (Å²) in [6.07, 6.45) is 2.62. The lowest BCUT2D eigenvalue weighted by Crippen LogP contribution is -2.38. The lowest BCUT2D eigenvalue weighted by Gasteiger charge is -2.27. The minimum Gasteiger partial charge on any atom is -0.299 e. The Labute approximate surface area is 120 Å². The highest BCUT2D eigenvalue weighted by molar-refractivity contribution is 6.29. The van der Waals surface area contributed by atoms with Gasteiger partial charge in [-0.3, -0.25) is 9.80 Å². The van der Waals surface area contributed by atoms with Gasteiger partial charge < -0.3 is 0 Å². The minimum atomic E-state index is 0.534.